The van der Waals surface area contributed by atoms with E-state index in [0.29, 0.717) is 26.1 Å². The zero-order chi connectivity index (χ0) is 34.5. The molecule has 0 atom stereocenters. The van der Waals surface area contributed by atoms with Crippen LogP contribution in [0.4, 0.5) is 5.69 Å². The van der Waals surface area contributed by atoms with Gasteiger partial charge in [-0.15, -0.1) is 26.3 Å². The van der Waals surface area contributed by atoms with E-state index in [-0.39, 0.29) is 0 Å². The summed E-state index contributed by atoms with van der Waals surface area (Å²) in [6.07, 6.45) is 12.4. The van der Waals surface area contributed by atoms with Crippen molar-refractivity contribution in [2.24, 2.45) is 0 Å². The van der Waals surface area contributed by atoms with Gasteiger partial charge >= 0.3 is 0 Å². The van der Waals surface area contributed by atoms with Crippen LogP contribution in [0, 0.1) is 6.92 Å². The molecule has 0 radical (unpaired) electrons. The minimum absolute atomic E-state index is 0.497. The lowest BCUT2D eigenvalue weighted by Gasteiger charge is -2.22. The highest BCUT2D eigenvalue weighted by molar-refractivity contribution is 8.03. The molecule has 1 aliphatic rings. The second-order valence-electron chi connectivity index (χ2n) is 9.29. The smallest absolute Gasteiger partial charge is 0.266 e. The highest BCUT2D eigenvalue weighted by Crippen LogP contribution is 2.46. The Labute approximate surface area is 279 Å². The summed E-state index contributed by atoms with van der Waals surface area (Å²) in [5, 5.41) is 1.11. The van der Waals surface area contributed by atoms with Gasteiger partial charge in [0.25, 0.3) is 15.4 Å². The van der Waals surface area contributed by atoms with Gasteiger partial charge in [-0.25, -0.2) is 21.4 Å². The van der Waals surface area contributed by atoms with E-state index in [9.17, 15) is 25.9 Å². The third-order valence-corrected chi connectivity index (χ3v) is 9.28. The third-order valence-electron chi connectivity index (χ3n) is 5.94. The van der Waals surface area contributed by atoms with Crippen LogP contribution in [0.3, 0.4) is 0 Å². The highest BCUT2D eigenvalue weighted by Gasteiger charge is 2.26. The van der Waals surface area contributed by atoms with Gasteiger partial charge in [-0.1, -0.05) is 41.6 Å². The molecule has 10 nitrogen and oxygen atoms in total. The van der Waals surface area contributed by atoms with Crippen molar-refractivity contribution >= 4 is 65.5 Å². The molecule has 1 aromatic carbocycles. The van der Waals surface area contributed by atoms with Crippen molar-refractivity contribution in [1.82, 2.24) is 0 Å². The summed E-state index contributed by atoms with van der Waals surface area (Å²) in [5.74, 6) is -1.39. The molecular weight excluding hydrogens is 667 g/mol. The van der Waals surface area contributed by atoms with E-state index in [0.717, 1.165) is 22.6 Å². The van der Waals surface area contributed by atoms with Crippen LogP contribution < -0.4 is 14.0 Å². The van der Waals surface area contributed by atoms with Crippen molar-refractivity contribution in [1.29, 1.82) is 0 Å². The zero-order valence-corrected chi connectivity index (χ0v) is 29.1. The van der Waals surface area contributed by atoms with Gasteiger partial charge in [0.15, 0.2) is 22.5 Å². The molecule has 0 aliphatic carbocycles. The molecule has 0 bridgehead atoms. The molecule has 46 heavy (non-hydrogen) atoms. The minimum Gasteiger partial charge on any atom is -0.747 e. The number of fused-ring (bicyclic) bond motifs is 2. The number of hydrogen-bond donors (Lipinski definition) is 0. The van der Waals surface area contributed by atoms with Crippen molar-refractivity contribution in [2.45, 2.75) is 38.1 Å². The molecule has 5 rings (SSSR count). The molecule has 0 saturated carbocycles. The Morgan fingerprint density at radius 3 is 2.28 bits per heavy atom. The number of hydrogen-bond acceptors (Lipinski definition) is 10. The first-order chi connectivity index (χ1) is 21.8. The molecule has 246 valence electrons. The molecule has 0 spiro atoms. The van der Waals surface area contributed by atoms with Crippen molar-refractivity contribution in [3.05, 3.63) is 127 Å². The van der Waals surface area contributed by atoms with E-state index in [1.807, 2.05) is 50.2 Å². The Kier molecular flexibility index (Phi) is 14.8. The monoisotopic (exact) mass is 703 g/mol. The minimum atomic E-state index is -4.51. The number of rotatable bonds is 8. The number of thioether (sulfide) groups is 1. The Morgan fingerprint density at radius 1 is 1.02 bits per heavy atom. The summed E-state index contributed by atoms with van der Waals surface area (Å²) in [7, 11) is -9.02. The third kappa shape index (κ3) is 11.5. The Balaban J connectivity index is 0.000000523. The maximum absolute atomic E-state index is 11.5. The van der Waals surface area contributed by atoms with Gasteiger partial charge in [-0.3, -0.25) is 0 Å². The molecular formula is C32H37N3O7S4. The standard InChI is InChI=1S/C21H20N2O7S4.C7H10N.2C2H4/c1-14(5-8-20-22(12-33(24,25)26)16-9-10-30-21(16)32-20)4-7-19-23(13-34(27,28)29)17-11-15(2)3-6-18(17)31-19;1-2-8-6-4-3-5-7-8;2*1-2/h3-11H,12-13H2,1-2H3,(H-,24,25,26,27,28,29);3-7H,2H2,1H3;2*1-2H2/q;+1;;/p-1. The first-order valence-corrected chi connectivity index (χ1v) is 18.5. The SMILES string of the molecule is C=C.C=C.CC(/C=C/c1sc2occc2[n+]1CS(=O)(=O)[O-])=C\C=C1\Sc2ccc(C)cc2N1CS(=O)(=O)[O-].CC[n+]1ccccc1. The number of nitrogens with zero attached hydrogens (tertiary/aromatic N) is 3. The van der Waals surface area contributed by atoms with Gasteiger partial charge in [0.2, 0.25) is 5.88 Å². The number of furan rings is 1. The lowest BCUT2D eigenvalue weighted by molar-refractivity contribution is -0.693. The van der Waals surface area contributed by atoms with E-state index < -0.39 is 32.0 Å². The molecule has 0 saturated heterocycles. The average Bonchev–Trinajstić information content (AvgIpc) is 3.71. The molecule has 0 N–H and O–H groups in total. The number of aromatic nitrogens is 2. The van der Waals surface area contributed by atoms with Gasteiger partial charge in [0.1, 0.15) is 22.5 Å². The molecule has 0 amide bonds. The molecule has 1 aliphatic heterocycles. The summed E-state index contributed by atoms with van der Waals surface area (Å²) in [4.78, 5) is 2.82. The normalized spacial score (nSPS) is 13.8. The fourth-order valence-corrected chi connectivity index (χ4v) is 7.36. The van der Waals surface area contributed by atoms with Crippen LogP contribution in [-0.2, 0) is 32.7 Å². The Bertz CT molecular complexity index is 1910. The summed E-state index contributed by atoms with van der Waals surface area (Å²) in [6, 6.07) is 13.3. The van der Waals surface area contributed by atoms with Crippen LogP contribution in [0.5, 0.6) is 0 Å². The number of thiazole rings is 1. The average molecular weight is 704 g/mol. The first-order valence-electron chi connectivity index (χ1n) is 13.7. The fourth-order valence-electron chi connectivity index (χ4n) is 3.98. The van der Waals surface area contributed by atoms with Crippen molar-refractivity contribution in [3.63, 3.8) is 0 Å². The van der Waals surface area contributed by atoms with Crippen LogP contribution in [0.2, 0.25) is 0 Å². The van der Waals surface area contributed by atoms with Gasteiger partial charge in [-0.2, -0.15) is 4.57 Å². The lowest BCUT2D eigenvalue weighted by atomic mass is 10.2. The van der Waals surface area contributed by atoms with E-state index in [1.54, 1.807) is 30.4 Å². The van der Waals surface area contributed by atoms with E-state index in [2.05, 4.69) is 50.2 Å². The van der Waals surface area contributed by atoms with Crippen LogP contribution in [-0.4, -0.2) is 31.8 Å². The molecule has 3 aromatic heterocycles. The van der Waals surface area contributed by atoms with Crippen molar-refractivity contribution in [3.8, 4) is 0 Å². The van der Waals surface area contributed by atoms with E-state index in [4.69, 9.17) is 4.42 Å². The lowest BCUT2D eigenvalue weighted by Crippen LogP contribution is -2.38. The zero-order valence-electron chi connectivity index (χ0n) is 25.9. The van der Waals surface area contributed by atoms with Crippen molar-refractivity contribution < 1.29 is 39.5 Å². The van der Waals surface area contributed by atoms with Crippen molar-refractivity contribution in [2.75, 3.05) is 10.8 Å². The maximum atomic E-state index is 11.5. The van der Waals surface area contributed by atoms with Crippen LogP contribution in [0.25, 0.3) is 16.5 Å². The number of allylic oxidation sites excluding steroid dienone is 4. The topological polar surface area (TPSA) is 139 Å². The second-order valence-corrected chi connectivity index (χ2v) is 14.1. The number of pyridine rings is 1. The molecule has 0 unspecified atom stereocenters. The predicted molar refractivity (Wildman–Crippen MR) is 184 cm³/mol. The van der Waals surface area contributed by atoms with Gasteiger partial charge in [-0.05, 0) is 55.9 Å². The van der Waals surface area contributed by atoms with Gasteiger partial charge in [0, 0.05) is 23.1 Å². The molecule has 4 aromatic rings. The first kappa shape index (κ1) is 38.4. The summed E-state index contributed by atoms with van der Waals surface area (Å²) >= 11 is 2.57. The second kappa shape index (κ2) is 17.8. The van der Waals surface area contributed by atoms with Crippen LogP contribution >= 0.6 is 23.1 Å². The molecule has 4 heterocycles. The largest absolute Gasteiger partial charge is 0.747 e. The van der Waals surface area contributed by atoms with Crippen LogP contribution in [0.15, 0.2) is 126 Å². The predicted octanol–water partition coefficient (Wildman–Crippen LogP) is 6.11. The molecule has 0 fully saturated rings. The summed E-state index contributed by atoms with van der Waals surface area (Å²) < 4.78 is 77.2. The van der Waals surface area contributed by atoms with Gasteiger partial charge in [0.05, 0.1) is 23.0 Å². The maximum Gasteiger partial charge on any atom is 0.266 e. The Morgan fingerprint density at radius 2 is 1.70 bits per heavy atom. The van der Waals surface area contributed by atoms with E-state index >= 15 is 0 Å². The fraction of sp³-hybridized carbons (Fsp3) is 0.188. The van der Waals surface area contributed by atoms with Crippen LogP contribution in [0.1, 0.15) is 24.4 Å². The highest BCUT2D eigenvalue weighted by atomic mass is 32.2. The molecule has 14 heteroatoms. The number of aryl methyl sites for hydroxylation is 2. The summed E-state index contributed by atoms with van der Waals surface area (Å²) in [6.45, 7) is 18.9. The number of anilines is 1. The Hall–Kier alpha value is -3.79. The number of benzene rings is 1. The summed E-state index contributed by atoms with van der Waals surface area (Å²) in [5.41, 5.74) is 2.89. The van der Waals surface area contributed by atoms with E-state index in [1.165, 1.54) is 38.8 Å². The quantitative estimate of drug-likeness (QED) is 0.0921. The van der Waals surface area contributed by atoms with Gasteiger partial charge < -0.3 is 18.4 Å².